The van der Waals surface area contributed by atoms with Gasteiger partial charge in [-0.3, -0.25) is 0 Å². The van der Waals surface area contributed by atoms with Crippen LogP contribution in [-0.4, -0.2) is 23.2 Å². The highest BCUT2D eigenvalue weighted by Gasteiger charge is 2.26. The monoisotopic (exact) mass is 281 g/mol. The number of fused-ring (bicyclic) bond motifs is 1. The fourth-order valence-corrected chi connectivity index (χ4v) is 3.22. The van der Waals surface area contributed by atoms with E-state index >= 15 is 0 Å². The Bertz CT molecular complexity index is 677. The number of pyridine rings is 1. The van der Waals surface area contributed by atoms with Crippen LogP contribution in [0.15, 0.2) is 30.3 Å². The van der Waals surface area contributed by atoms with Gasteiger partial charge in [-0.05, 0) is 36.8 Å². The minimum atomic E-state index is 0.265. The van der Waals surface area contributed by atoms with Gasteiger partial charge in [-0.1, -0.05) is 24.6 Å². The topological polar surface area (TPSA) is 68.9 Å². The van der Waals surface area contributed by atoms with Crippen LogP contribution in [0.2, 0.25) is 0 Å². The molecule has 0 radical (unpaired) electrons. The number of rotatable bonds is 4. The zero-order valence-corrected chi connectivity index (χ0v) is 11.9. The molecule has 1 fully saturated rings. The molecule has 4 nitrogen and oxygen atoms in total. The van der Waals surface area contributed by atoms with Gasteiger partial charge in [-0.25, -0.2) is 4.98 Å². The van der Waals surface area contributed by atoms with Gasteiger partial charge in [0.25, 0.3) is 0 Å². The molecule has 0 saturated heterocycles. The predicted octanol–water partition coefficient (Wildman–Crippen LogP) is 2.93. The summed E-state index contributed by atoms with van der Waals surface area (Å²) in [5.41, 5.74) is 1.48. The smallest absolute Gasteiger partial charge is 0.127 e. The zero-order chi connectivity index (χ0) is 14.7. The Morgan fingerprint density at radius 1 is 1.29 bits per heavy atom. The lowest BCUT2D eigenvalue weighted by Gasteiger charge is -2.18. The SMILES string of the molecule is N#Cc1cc(NCC2CCCC2CO)nc2ccccc12. The summed E-state index contributed by atoms with van der Waals surface area (Å²) in [5.74, 6) is 1.64. The average Bonchev–Trinajstić information content (AvgIpc) is 2.99. The molecular weight excluding hydrogens is 262 g/mol. The molecule has 108 valence electrons. The van der Waals surface area contributed by atoms with Crippen LogP contribution in [0.5, 0.6) is 0 Å². The summed E-state index contributed by atoms with van der Waals surface area (Å²) in [5, 5.41) is 22.9. The zero-order valence-electron chi connectivity index (χ0n) is 11.9. The lowest BCUT2D eigenvalue weighted by atomic mass is 9.97. The van der Waals surface area contributed by atoms with Crippen molar-refractivity contribution in [2.24, 2.45) is 11.8 Å². The number of hydrogen-bond acceptors (Lipinski definition) is 4. The van der Waals surface area contributed by atoms with E-state index in [1.165, 1.54) is 6.42 Å². The van der Waals surface area contributed by atoms with Crippen LogP contribution in [0.25, 0.3) is 10.9 Å². The van der Waals surface area contributed by atoms with Crippen LogP contribution < -0.4 is 5.32 Å². The first-order valence-corrected chi connectivity index (χ1v) is 7.46. The Balaban J connectivity index is 1.80. The van der Waals surface area contributed by atoms with E-state index in [0.29, 0.717) is 17.4 Å². The number of nitrogens with zero attached hydrogens (tertiary/aromatic N) is 2. The van der Waals surface area contributed by atoms with Crippen molar-refractivity contribution in [1.29, 1.82) is 5.26 Å². The molecule has 1 aliphatic rings. The molecule has 1 aromatic heterocycles. The van der Waals surface area contributed by atoms with E-state index in [2.05, 4.69) is 16.4 Å². The summed E-state index contributed by atoms with van der Waals surface area (Å²) in [6.07, 6.45) is 3.44. The molecule has 3 rings (SSSR count). The fraction of sp³-hybridized carbons (Fsp3) is 0.412. The summed E-state index contributed by atoms with van der Waals surface area (Å²) in [6, 6.07) is 11.7. The molecule has 1 heterocycles. The molecule has 2 aromatic rings. The van der Waals surface area contributed by atoms with E-state index < -0.39 is 0 Å². The molecule has 21 heavy (non-hydrogen) atoms. The number of aliphatic hydroxyl groups excluding tert-OH is 1. The highest BCUT2D eigenvalue weighted by molar-refractivity contribution is 5.86. The maximum absolute atomic E-state index is 9.37. The summed E-state index contributed by atoms with van der Waals surface area (Å²) >= 11 is 0. The molecule has 1 aromatic carbocycles. The van der Waals surface area contributed by atoms with Gasteiger partial charge < -0.3 is 10.4 Å². The summed E-state index contributed by atoms with van der Waals surface area (Å²) in [6.45, 7) is 1.07. The summed E-state index contributed by atoms with van der Waals surface area (Å²) in [4.78, 5) is 4.57. The van der Waals surface area contributed by atoms with Crippen molar-refractivity contribution in [2.75, 3.05) is 18.5 Å². The molecule has 2 N–H and O–H groups in total. The minimum Gasteiger partial charge on any atom is -0.396 e. The Hall–Kier alpha value is -2.12. The third-order valence-electron chi connectivity index (χ3n) is 4.43. The van der Waals surface area contributed by atoms with Crippen LogP contribution in [-0.2, 0) is 0 Å². The molecule has 0 aliphatic heterocycles. The summed E-state index contributed by atoms with van der Waals surface area (Å²) < 4.78 is 0. The van der Waals surface area contributed by atoms with E-state index in [9.17, 15) is 10.4 Å². The van der Waals surface area contributed by atoms with Crippen LogP contribution in [0.1, 0.15) is 24.8 Å². The van der Waals surface area contributed by atoms with Crippen molar-refractivity contribution >= 4 is 16.7 Å². The van der Waals surface area contributed by atoms with Crippen LogP contribution in [0.3, 0.4) is 0 Å². The lowest BCUT2D eigenvalue weighted by Crippen LogP contribution is -2.21. The Morgan fingerprint density at radius 2 is 2.10 bits per heavy atom. The van der Waals surface area contributed by atoms with Crippen molar-refractivity contribution in [1.82, 2.24) is 4.98 Å². The number of aliphatic hydroxyl groups is 1. The highest BCUT2D eigenvalue weighted by Crippen LogP contribution is 2.31. The van der Waals surface area contributed by atoms with Gasteiger partial charge in [-0.15, -0.1) is 0 Å². The Labute approximate surface area is 124 Å². The number of hydrogen-bond donors (Lipinski definition) is 2. The fourth-order valence-electron chi connectivity index (χ4n) is 3.22. The van der Waals surface area contributed by atoms with Crippen molar-refractivity contribution in [2.45, 2.75) is 19.3 Å². The minimum absolute atomic E-state index is 0.265. The molecular formula is C17H19N3O. The van der Waals surface area contributed by atoms with E-state index in [0.717, 1.165) is 36.1 Å². The molecule has 0 bridgehead atoms. The first-order valence-electron chi connectivity index (χ1n) is 7.46. The Kier molecular flexibility index (Phi) is 4.03. The second kappa shape index (κ2) is 6.11. The van der Waals surface area contributed by atoms with Crippen molar-refractivity contribution in [3.8, 4) is 6.07 Å². The van der Waals surface area contributed by atoms with Crippen LogP contribution >= 0.6 is 0 Å². The largest absolute Gasteiger partial charge is 0.396 e. The average molecular weight is 281 g/mol. The van der Waals surface area contributed by atoms with E-state index in [4.69, 9.17) is 0 Å². The lowest BCUT2D eigenvalue weighted by molar-refractivity contribution is 0.199. The number of nitriles is 1. The highest BCUT2D eigenvalue weighted by atomic mass is 16.3. The number of para-hydroxylation sites is 1. The van der Waals surface area contributed by atoms with Crippen LogP contribution in [0, 0.1) is 23.2 Å². The van der Waals surface area contributed by atoms with Crippen molar-refractivity contribution in [3.05, 3.63) is 35.9 Å². The van der Waals surface area contributed by atoms with Crippen LogP contribution in [0.4, 0.5) is 5.82 Å². The third-order valence-corrected chi connectivity index (χ3v) is 4.43. The molecule has 2 atom stereocenters. The predicted molar refractivity (Wildman–Crippen MR) is 82.9 cm³/mol. The third kappa shape index (κ3) is 2.84. The maximum Gasteiger partial charge on any atom is 0.127 e. The molecule has 0 spiro atoms. The second-order valence-electron chi connectivity index (χ2n) is 5.70. The number of nitrogens with one attached hydrogen (secondary N) is 1. The maximum atomic E-state index is 9.37. The standard InChI is InChI=1S/C17H19N3O/c18-9-14-8-17(20-16-7-2-1-6-15(14)16)19-10-12-4-3-5-13(12)11-21/h1-2,6-8,12-13,21H,3-5,10-11H2,(H,19,20). The van der Waals surface area contributed by atoms with E-state index in [1.54, 1.807) is 0 Å². The van der Waals surface area contributed by atoms with Gasteiger partial charge in [0.2, 0.25) is 0 Å². The van der Waals surface area contributed by atoms with Gasteiger partial charge in [0.05, 0.1) is 17.1 Å². The first-order chi connectivity index (χ1) is 10.3. The molecule has 1 saturated carbocycles. The van der Waals surface area contributed by atoms with Crippen molar-refractivity contribution in [3.63, 3.8) is 0 Å². The molecule has 4 heteroatoms. The van der Waals surface area contributed by atoms with E-state index in [1.807, 2.05) is 30.3 Å². The number of anilines is 1. The second-order valence-corrected chi connectivity index (χ2v) is 5.70. The van der Waals surface area contributed by atoms with Gasteiger partial charge in [0.15, 0.2) is 0 Å². The van der Waals surface area contributed by atoms with Gasteiger partial charge >= 0.3 is 0 Å². The number of aromatic nitrogens is 1. The first kappa shape index (κ1) is 13.8. The molecule has 1 aliphatic carbocycles. The van der Waals surface area contributed by atoms with Crippen molar-refractivity contribution < 1.29 is 5.11 Å². The van der Waals surface area contributed by atoms with Gasteiger partial charge in [-0.2, -0.15) is 5.26 Å². The number of benzene rings is 1. The summed E-state index contributed by atoms with van der Waals surface area (Å²) in [7, 11) is 0. The van der Waals surface area contributed by atoms with E-state index in [-0.39, 0.29) is 6.61 Å². The Morgan fingerprint density at radius 3 is 2.90 bits per heavy atom. The molecule has 0 amide bonds. The van der Waals surface area contributed by atoms with Gasteiger partial charge in [0, 0.05) is 18.5 Å². The van der Waals surface area contributed by atoms with Gasteiger partial charge in [0.1, 0.15) is 5.82 Å². The normalized spacial score (nSPS) is 21.3. The quantitative estimate of drug-likeness (QED) is 0.904. The molecule has 2 unspecified atom stereocenters.